The summed E-state index contributed by atoms with van der Waals surface area (Å²) in [6.07, 6.45) is 2.00. The SMILES string of the molecule is Cc1nn(C)c(CC2(CNC(C)C)CCOC2)c1Cl. The molecule has 2 heterocycles. The minimum atomic E-state index is 0.147. The molecule has 0 bridgehead atoms. The molecule has 0 amide bonds. The van der Waals surface area contributed by atoms with Crippen LogP contribution < -0.4 is 5.32 Å². The van der Waals surface area contributed by atoms with Crippen LogP contribution in [0.5, 0.6) is 0 Å². The van der Waals surface area contributed by atoms with Crippen molar-refractivity contribution in [2.24, 2.45) is 12.5 Å². The minimum absolute atomic E-state index is 0.147. The third kappa shape index (κ3) is 3.30. The van der Waals surface area contributed by atoms with Crippen molar-refractivity contribution >= 4 is 11.6 Å². The van der Waals surface area contributed by atoms with Gasteiger partial charge in [-0.05, 0) is 19.8 Å². The summed E-state index contributed by atoms with van der Waals surface area (Å²) >= 11 is 6.37. The lowest BCUT2D eigenvalue weighted by Crippen LogP contribution is -2.40. The third-order valence-corrected chi connectivity index (χ3v) is 4.37. The number of ether oxygens (including phenoxy) is 1. The van der Waals surface area contributed by atoms with E-state index in [1.165, 1.54) is 0 Å². The topological polar surface area (TPSA) is 39.1 Å². The summed E-state index contributed by atoms with van der Waals surface area (Å²) in [4.78, 5) is 0. The fraction of sp³-hybridized carbons (Fsp3) is 0.786. The zero-order valence-electron chi connectivity index (χ0n) is 12.3. The molecule has 1 unspecified atom stereocenters. The van der Waals surface area contributed by atoms with Gasteiger partial charge in [0.25, 0.3) is 0 Å². The van der Waals surface area contributed by atoms with Gasteiger partial charge in [0, 0.05) is 31.7 Å². The number of aromatic nitrogens is 2. The maximum Gasteiger partial charge on any atom is 0.0847 e. The molecule has 1 aromatic rings. The van der Waals surface area contributed by atoms with Gasteiger partial charge in [0.2, 0.25) is 0 Å². The van der Waals surface area contributed by atoms with Crippen molar-refractivity contribution in [2.45, 2.75) is 39.7 Å². The Hall–Kier alpha value is -0.580. The van der Waals surface area contributed by atoms with Crippen LogP contribution in [0.1, 0.15) is 31.7 Å². The highest BCUT2D eigenvalue weighted by molar-refractivity contribution is 6.31. The summed E-state index contributed by atoms with van der Waals surface area (Å²) < 4.78 is 7.55. The summed E-state index contributed by atoms with van der Waals surface area (Å²) in [5.74, 6) is 0. The number of nitrogens with zero attached hydrogens (tertiary/aromatic N) is 2. The Morgan fingerprint density at radius 1 is 1.53 bits per heavy atom. The highest BCUT2D eigenvalue weighted by Gasteiger charge is 2.36. The zero-order chi connectivity index (χ0) is 14.0. The van der Waals surface area contributed by atoms with Crippen molar-refractivity contribution in [3.63, 3.8) is 0 Å². The van der Waals surface area contributed by atoms with E-state index in [1.807, 2.05) is 18.7 Å². The molecule has 2 rings (SSSR count). The van der Waals surface area contributed by atoms with E-state index in [1.54, 1.807) is 0 Å². The van der Waals surface area contributed by atoms with Crippen LogP contribution in [0.15, 0.2) is 0 Å². The van der Waals surface area contributed by atoms with E-state index in [0.29, 0.717) is 6.04 Å². The Bertz CT molecular complexity index is 436. The van der Waals surface area contributed by atoms with Crippen molar-refractivity contribution in [3.05, 3.63) is 16.4 Å². The van der Waals surface area contributed by atoms with Crippen LogP contribution in [0.25, 0.3) is 0 Å². The van der Waals surface area contributed by atoms with Crippen LogP contribution in [0.3, 0.4) is 0 Å². The second kappa shape index (κ2) is 5.81. The average molecular weight is 286 g/mol. The predicted molar refractivity (Wildman–Crippen MR) is 77.7 cm³/mol. The number of hydrogen-bond donors (Lipinski definition) is 1. The first-order valence-electron chi connectivity index (χ1n) is 6.93. The van der Waals surface area contributed by atoms with Gasteiger partial charge in [-0.15, -0.1) is 0 Å². The first kappa shape index (κ1) is 14.8. The Morgan fingerprint density at radius 2 is 2.26 bits per heavy atom. The minimum Gasteiger partial charge on any atom is -0.381 e. The second-order valence-corrected chi connectivity index (χ2v) is 6.36. The molecule has 1 saturated heterocycles. The molecule has 0 saturated carbocycles. The second-order valence-electron chi connectivity index (χ2n) is 5.98. The van der Waals surface area contributed by atoms with E-state index in [4.69, 9.17) is 16.3 Å². The summed E-state index contributed by atoms with van der Waals surface area (Å²) in [6.45, 7) is 8.90. The van der Waals surface area contributed by atoms with E-state index in [0.717, 1.165) is 49.0 Å². The Labute approximate surface area is 120 Å². The Morgan fingerprint density at radius 3 is 2.74 bits per heavy atom. The molecule has 1 atom stereocenters. The lowest BCUT2D eigenvalue weighted by atomic mass is 9.82. The number of aryl methyl sites for hydroxylation is 2. The fourth-order valence-corrected chi connectivity index (χ4v) is 2.87. The molecule has 0 aromatic carbocycles. The molecule has 0 radical (unpaired) electrons. The molecule has 19 heavy (non-hydrogen) atoms. The van der Waals surface area contributed by atoms with Gasteiger partial charge in [-0.2, -0.15) is 5.10 Å². The summed E-state index contributed by atoms with van der Waals surface area (Å²) in [5, 5.41) is 8.75. The monoisotopic (exact) mass is 285 g/mol. The normalized spacial score (nSPS) is 23.5. The van der Waals surface area contributed by atoms with Gasteiger partial charge in [-0.3, -0.25) is 4.68 Å². The van der Waals surface area contributed by atoms with Gasteiger partial charge in [0.15, 0.2) is 0 Å². The number of hydrogen-bond acceptors (Lipinski definition) is 3. The van der Waals surface area contributed by atoms with Crippen molar-refractivity contribution < 1.29 is 4.74 Å². The maximum absolute atomic E-state index is 6.37. The summed E-state index contributed by atoms with van der Waals surface area (Å²) in [7, 11) is 1.97. The summed E-state index contributed by atoms with van der Waals surface area (Å²) in [5.41, 5.74) is 2.17. The molecule has 108 valence electrons. The summed E-state index contributed by atoms with van der Waals surface area (Å²) in [6, 6.07) is 0.487. The Balaban J connectivity index is 2.16. The molecular weight excluding hydrogens is 262 g/mol. The van der Waals surface area contributed by atoms with Crippen LogP contribution in [-0.2, 0) is 18.2 Å². The van der Waals surface area contributed by atoms with E-state index < -0.39 is 0 Å². The molecule has 4 nitrogen and oxygen atoms in total. The average Bonchev–Trinajstić information content (AvgIpc) is 2.89. The molecule has 1 aromatic heterocycles. The fourth-order valence-electron chi connectivity index (χ4n) is 2.64. The molecule has 1 fully saturated rings. The standard InChI is InChI=1S/C14H24ClN3O/c1-10(2)16-8-14(5-6-19-9-14)7-12-13(15)11(3)17-18(12)4/h10,16H,5-9H2,1-4H3. The van der Waals surface area contributed by atoms with E-state index in [9.17, 15) is 0 Å². The quantitative estimate of drug-likeness (QED) is 0.902. The lowest BCUT2D eigenvalue weighted by molar-refractivity contribution is 0.146. The molecule has 5 heteroatoms. The van der Waals surface area contributed by atoms with Crippen LogP contribution in [0, 0.1) is 12.3 Å². The first-order valence-corrected chi connectivity index (χ1v) is 7.30. The first-order chi connectivity index (χ1) is 8.93. The van der Waals surface area contributed by atoms with Gasteiger partial charge in [-0.25, -0.2) is 0 Å². The largest absolute Gasteiger partial charge is 0.381 e. The number of rotatable bonds is 5. The molecule has 0 aliphatic carbocycles. The van der Waals surface area contributed by atoms with Gasteiger partial charge in [0.1, 0.15) is 0 Å². The van der Waals surface area contributed by atoms with Crippen LogP contribution >= 0.6 is 11.6 Å². The van der Waals surface area contributed by atoms with E-state index in [-0.39, 0.29) is 5.41 Å². The lowest BCUT2D eigenvalue weighted by Gasteiger charge is -2.29. The van der Waals surface area contributed by atoms with Crippen molar-refractivity contribution in [3.8, 4) is 0 Å². The van der Waals surface area contributed by atoms with Crippen molar-refractivity contribution in [2.75, 3.05) is 19.8 Å². The molecule has 1 aliphatic rings. The van der Waals surface area contributed by atoms with Gasteiger partial charge < -0.3 is 10.1 Å². The number of halogens is 1. The molecular formula is C14H24ClN3O. The highest BCUT2D eigenvalue weighted by atomic mass is 35.5. The zero-order valence-corrected chi connectivity index (χ0v) is 13.0. The highest BCUT2D eigenvalue weighted by Crippen LogP contribution is 2.35. The number of nitrogens with one attached hydrogen (secondary N) is 1. The van der Waals surface area contributed by atoms with Gasteiger partial charge in [0.05, 0.1) is 23.0 Å². The predicted octanol–water partition coefficient (Wildman–Crippen LogP) is 2.33. The molecule has 0 spiro atoms. The van der Waals surface area contributed by atoms with Crippen molar-refractivity contribution in [1.29, 1.82) is 0 Å². The van der Waals surface area contributed by atoms with E-state index in [2.05, 4.69) is 24.3 Å². The van der Waals surface area contributed by atoms with Crippen LogP contribution in [0.2, 0.25) is 5.02 Å². The van der Waals surface area contributed by atoms with Crippen LogP contribution in [-0.4, -0.2) is 35.6 Å². The molecule has 1 aliphatic heterocycles. The third-order valence-electron chi connectivity index (χ3n) is 3.87. The molecule has 1 N–H and O–H groups in total. The maximum atomic E-state index is 6.37. The van der Waals surface area contributed by atoms with Gasteiger partial charge in [-0.1, -0.05) is 25.4 Å². The van der Waals surface area contributed by atoms with E-state index >= 15 is 0 Å². The van der Waals surface area contributed by atoms with Crippen molar-refractivity contribution in [1.82, 2.24) is 15.1 Å². The smallest absolute Gasteiger partial charge is 0.0847 e. The Kier molecular flexibility index (Phi) is 4.54. The van der Waals surface area contributed by atoms with Gasteiger partial charge >= 0.3 is 0 Å². The van der Waals surface area contributed by atoms with Crippen LogP contribution in [0.4, 0.5) is 0 Å².